The van der Waals surface area contributed by atoms with Crippen LogP contribution in [-0.4, -0.2) is 41.5 Å². The van der Waals surface area contributed by atoms with E-state index in [9.17, 15) is 14.7 Å². The van der Waals surface area contributed by atoms with Crippen molar-refractivity contribution in [2.45, 2.75) is 26.7 Å². The summed E-state index contributed by atoms with van der Waals surface area (Å²) in [6.07, 6.45) is 1.88. The van der Waals surface area contributed by atoms with Crippen molar-refractivity contribution in [2.75, 3.05) is 19.6 Å². The highest BCUT2D eigenvalue weighted by Gasteiger charge is 2.26. The molecule has 0 spiro atoms. The summed E-state index contributed by atoms with van der Waals surface area (Å²) >= 11 is 6.07. The first kappa shape index (κ1) is 17.6. The van der Waals surface area contributed by atoms with Crippen LogP contribution in [0.4, 0.5) is 0 Å². The van der Waals surface area contributed by atoms with Gasteiger partial charge in [0, 0.05) is 25.6 Å². The first-order chi connectivity index (χ1) is 10.9. The molecule has 0 bridgehead atoms. The fraction of sp³-hybridized carbons (Fsp3) is 0.529. The van der Waals surface area contributed by atoms with Crippen molar-refractivity contribution in [1.29, 1.82) is 0 Å². The van der Waals surface area contributed by atoms with E-state index in [1.54, 1.807) is 4.90 Å². The van der Waals surface area contributed by atoms with Gasteiger partial charge in [-0.15, -0.1) is 0 Å². The molecule has 0 aromatic heterocycles. The number of nitrogens with zero attached hydrogens (tertiary/aromatic N) is 1. The first-order valence-electron chi connectivity index (χ1n) is 7.94. The number of halogens is 1. The van der Waals surface area contributed by atoms with Crippen molar-refractivity contribution >= 4 is 23.4 Å². The van der Waals surface area contributed by atoms with E-state index < -0.39 is 0 Å². The highest BCUT2D eigenvalue weighted by molar-refractivity contribution is 6.33. The maximum Gasteiger partial charge on any atom is 0.255 e. The first-order valence-corrected chi connectivity index (χ1v) is 8.31. The smallest absolute Gasteiger partial charge is 0.255 e. The van der Waals surface area contributed by atoms with E-state index in [1.807, 2.05) is 13.8 Å². The van der Waals surface area contributed by atoms with E-state index in [1.165, 1.54) is 18.2 Å². The van der Waals surface area contributed by atoms with Crippen molar-refractivity contribution < 1.29 is 14.7 Å². The fourth-order valence-electron chi connectivity index (χ4n) is 2.71. The molecule has 126 valence electrons. The summed E-state index contributed by atoms with van der Waals surface area (Å²) in [6.45, 7) is 5.54. The quantitative estimate of drug-likeness (QED) is 0.886. The van der Waals surface area contributed by atoms with E-state index in [4.69, 9.17) is 11.6 Å². The number of phenols is 1. The average Bonchev–Trinajstić information content (AvgIpc) is 2.54. The van der Waals surface area contributed by atoms with Crippen LogP contribution in [0.25, 0.3) is 0 Å². The fourth-order valence-corrected chi connectivity index (χ4v) is 2.91. The lowest BCUT2D eigenvalue weighted by Crippen LogP contribution is -2.44. The minimum Gasteiger partial charge on any atom is -0.508 e. The molecule has 1 aromatic carbocycles. The number of likely N-dealkylation sites (tertiary alicyclic amines) is 1. The van der Waals surface area contributed by atoms with Gasteiger partial charge in [0.1, 0.15) is 5.75 Å². The maximum absolute atomic E-state index is 12.6. The van der Waals surface area contributed by atoms with Gasteiger partial charge in [-0.1, -0.05) is 25.4 Å². The molecule has 0 radical (unpaired) electrons. The highest BCUT2D eigenvalue weighted by Crippen LogP contribution is 2.25. The summed E-state index contributed by atoms with van der Waals surface area (Å²) < 4.78 is 0. The summed E-state index contributed by atoms with van der Waals surface area (Å²) in [5.74, 6) is 0.0830. The van der Waals surface area contributed by atoms with Crippen LogP contribution in [0.1, 0.15) is 37.0 Å². The minimum absolute atomic E-state index is 0.0236. The Morgan fingerprint density at radius 1 is 1.43 bits per heavy atom. The number of hydrogen-bond acceptors (Lipinski definition) is 3. The standard InChI is InChI=1S/C17H23ClN2O3/c1-11(2)16(22)19-9-12-4-3-7-20(10-12)17(23)14-8-13(21)5-6-15(14)18/h5-6,8,11-12,21H,3-4,7,9-10H2,1-2H3,(H,19,22)/t12-/m0/s1. The average molecular weight is 339 g/mol. The van der Waals surface area contributed by atoms with Crippen molar-refractivity contribution in [3.05, 3.63) is 28.8 Å². The summed E-state index contributed by atoms with van der Waals surface area (Å²) in [4.78, 5) is 26.0. The molecule has 6 heteroatoms. The summed E-state index contributed by atoms with van der Waals surface area (Å²) in [7, 11) is 0. The van der Waals surface area contributed by atoms with E-state index in [0.717, 1.165) is 12.8 Å². The number of amides is 2. The van der Waals surface area contributed by atoms with Gasteiger partial charge in [-0.05, 0) is 37.0 Å². The SMILES string of the molecule is CC(C)C(=O)NC[C@@H]1CCCN(C(=O)c2cc(O)ccc2Cl)C1. The molecule has 0 unspecified atom stereocenters. The predicted octanol–water partition coefficient (Wildman–Crippen LogP) is 2.67. The Hall–Kier alpha value is -1.75. The number of rotatable bonds is 4. The van der Waals surface area contributed by atoms with Crippen LogP contribution in [-0.2, 0) is 4.79 Å². The molecular formula is C17H23ClN2O3. The van der Waals surface area contributed by atoms with Crippen LogP contribution in [0.2, 0.25) is 5.02 Å². The number of nitrogens with one attached hydrogen (secondary N) is 1. The zero-order valence-corrected chi connectivity index (χ0v) is 14.3. The van der Waals surface area contributed by atoms with Crippen molar-refractivity contribution in [3.8, 4) is 5.75 Å². The third kappa shape index (κ3) is 4.61. The van der Waals surface area contributed by atoms with E-state index in [0.29, 0.717) is 30.2 Å². The molecule has 1 aromatic rings. The summed E-state index contributed by atoms with van der Waals surface area (Å²) in [5, 5.41) is 12.8. The molecule has 23 heavy (non-hydrogen) atoms. The molecule has 1 heterocycles. The second-order valence-corrected chi connectivity index (χ2v) is 6.73. The van der Waals surface area contributed by atoms with Crippen molar-refractivity contribution in [1.82, 2.24) is 10.2 Å². The molecular weight excluding hydrogens is 316 g/mol. The van der Waals surface area contributed by atoms with Crippen LogP contribution < -0.4 is 5.32 Å². The van der Waals surface area contributed by atoms with Gasteiger partial charge in [0.25, 0.3) is 5.91 Å². The largest absolute Gasteiger partial charge is 0.508 e. The van der Waals surface area contributed by atoms with E-state index in [2.05, 4.69) is 5.32 Å². The molecule has 2 amide bonds. The second-order valence-electron chi connectivity index (χ2n) is 6.32. The molecule has 1 fully saturated rings. The predicted molar refractivity (Wildman–Crippen MR) is 89.6 cm³/mol. The normalized spacial score (nSPS) is 18.1. The van der Waals surface area contributed by atoms with Gasteiger partial charge >= 0.3 is 0 Å². The minimum atomic E-state index is -0.175. The lowest BCUT2D eigenvalue weighted by atomic mass is 9.97. The van der Waals surface area contributed by atoms with Gasteiger partial charge < -0.3 is 15.3 Å². The number of carbonyl (C=O) groups is 2. The molecule has 0 saturated carbocycles. The van der Waals surface area contributed by atoms with Crippen LogP contribution in [0.5, 0.6) is 5.75 Å². The Kier molecular flexibility index (Phi) is 5.88. The molecule has 5 nitrogen and oxygen atoms in total. The topological polar surface area (TPSA) is 69.6 Å². The number of carbonyl (C=O) groups excluding carboxylic acids is 2. The molecule has 0 aliphatic carbocycles. The van der Waals surface area contributed by atoms with Crippen LogP contribution in [0, 0.1) is 11.8 Å². The Bertz CT molecular complexity index is 589. The summed E-state index contributed by atoms with van der Waals surface area (Å²) in [6, 6.07) is 4.38. The van der Waals surface area contributed by atoms with E-state index in [-0.39, 0.29) is 29.4 Å². The monoisotopic (exact) mass is 338 g/mol. The van der Waals surface area contributed by atoms with Crippen molar-refractivity contribution in [2.24, 2.45) is 11.8 Å². The number of benzene rings is 1. The van der Waals surface area contributed by atoms with Gasteiger partial charge in [-0.25, -0.2) is 0 Å². The second kappa shape index (κ2) is 7.68. The Morgan fingerprint density at radius 2 is 2.17 bits per heavy atom. The van der Waals surface area contributed by atoms with Gasteiger partial charge in [0.2, 0.25) is 5.91 Å². The molecule has 2 N–H and O–H groups in total. The van der Waals surface area contributed by atoms with Crippen LogP contribution in [0.15, 0.2) is 18.2 Å². The molecule has 1 atom stereocenters. The zero-order valence-electron chi connectivity index (χ0n) is 13.5. The van der Waals surface area contributed by atoms with Gasteiger partial charge in [-0.2, -0.15) is 0 Å². The third-order valence-electron chi connectivity index (χ3n) is 4.08. The Morgan fingerprint density at radius 3 is 2.87 bits per heavy atom. The van der Waals surface area contributed by atoms with Crippen molar-refractivity contribution in [3.63, 3.8) is 0 Å². The third-order valence-corrected chi connectivity index (χ3v) is 4.41. The lowest BCUT2D eigenvalue weighted by molar-refractivity contribution is -0.124. The van der Waals surface area contributed by atoms with Gasteiger partial charge in [0.05, 0.1) is 10.6 Å². The van der Waals surface area contributed by atoms with Gasteiger partial charge in [0.15, 0.2) is 0 Å². The number of hydrogen-bond donors (Lipinski definition) is 2. The maximum atomic E-state index is 12.6. The molecule has 1 aliphatic rings. The van der Waals surface area contributed by atoms with Crippen LogP contribution >= 0.6 is 11.6 Å². The van der Waals surface area contributed by atoms with Gasteiger partial charge in [-0.3, -0.25) is 9.59 Å². The number of aromatic hydroxyl groups is 1. The Balaban J connectivity index is 1.99. The zero-order chi connectivity index (χ0) is 17.0. The highest BCUT2D eigenvalue weighted by atomic mass is 35.5. The molecule has 2 rings (SSSR count). The number of phenolic OH excluding ortho intramolecular Hbond substituents is 1. The summed E-state index contributed by atoms with van der Waals surface area (Å²) in [5.41, 5.74) is 0.318. The van der Waals surface area contributed by atoms with E-state index >= 15 is 0 Å². The molecule has 1 saturated heterocycles. The number of piperidine rings is 1. The Labute approximate surface area is 141 Å². The van der Waals surface area contributed by atoms with Crippen LogP contribution in [0.3, 0.4) is 0 Å². The lowest BCUT2D eigenvalue weighted by Gasteiger charge is -2.33. The molecule has 1 aliphatic heterocycles.